The molecule has 2 aromatic rings. The first kappa shape index (κ1) is 21.5. The third kappa shape index (κ3) is 5.42. The Balaban J connectivity index is 1.65. The molecule has 0 aromatic carbocycles. The molecule has 2 heterocycles. The van der Waals surface area contributed by atoms with Crippen molar-refractivity contribution in [2.75, 3.05) is 0 Å². The molecule has 1 N–H and O–H groups in total. The molecule has 0 spiro atoms. The van der Waals surface area contributed by atoms with Gasteiger partial charge < -0.3 is 9.63 Å². The van der Waals surface area contributed by atoms with Crippen molar-refractivity contribution in [2.45, 2.75) is 91.0 Å². The van der Waals surface area contributed by atoms with E-state index in [-0.39, 0.29) is 17.8 Å². The van der Waals surface area contributed by atoms with Gasteiger partial charge in [-0.25, -0.2) is 9.67 Å². The number of carboxylic acid groups (broad SMARTS) is 1. The van der Waals surface area contributed by atoms with E-state index in [9.17, 15) is 9.90 Å². The SMILES string of the molecule is CC(C)(C)C1(CCCC(CC(=O)O)c2nc(Cn3cncn3)no2)CCCCC1. The minimum absolute atomic E-state index is 0.00742. The van der Waals surface area contributed by atoms with E-state index >= 15 is 0 Å². The maximum atomic E-state index is 11.4. The van der Waals surface area contributed by atoms with Gasteiger partial charge in [-0.3, -0.25) is 4.79 Å². The molecule has 1 atom stereocenters. The van der Waals surface area contributed by atoms with Crippen LogP contribution in [-0.4, -0.2) is 36.0 Å². The van der Waals surface area contributed by atoms with Crippen LogP contribution < -0.4 is 0 Å². The van der Waals surface area contributed by atoms with E-state index in [1.54, 1.807) is 11.0 Å². The molecule has 8 heteroatoms. The Hall–Kier alpha value is -2.25. The lowest BCUT2D eigenvalue weighted by Crippen LogP contribution is -2.37. The molecule has 1 aliphatic rings. The maximum Gasteiger partial charge on any atom is 0.304 e. The van der Waals surface area contributed by atoms with Gasteiger partial charge in [-0.2, -0.15) is 10.1 Å². The minimum Gasteiger partial charge on any atom is -0.481 e. The Labute approximate surface area is 172 Å². The van der Waals surface area contributed by atoms with Crippen molar-refractivity contribution >= 4 is 5.97 Å². The average Bonchev–Trinajstić information content (AvgIpc) is 3.33. The molecule has 3 rings (SSSR count). The summed E-state index contributed by atoms with van der Waals surface area (Å²) in [5, 5.41) is 17.4. The van der Waals surface area contributed by atoms with Gasteiger partial charge in [0.05, 0.1) is 6.42 Å². The summed E-state index contributed by atoms with van der Waals surface area (Å²) in [5.74, 6) is -0.199. The monoisotopic (exact) mass is 403 g/mol. The van der Waals surface area contributed by atoms with Crippen LogP contribution in [0.1, 0.15) is 96.2 Å². The zero-order valence-corrected chi connectivity index (χ0v) is 17.8. The largest absolute Gasteiger partial charge is 0.481 e. The zero-order valence-electron chi connectivity index (χ0n) is 17.8. The molecule has 0 saturated heterocycles. The van der Waals surface area contributed by atoms with Gasteiger partial charge >= 0.3 is 5.97 Å². The first-order valence-electron chi connectivity index (χ1n) is 10.7. The Morgan fingerprint density at radius 2 is 2.07 bits per heavy atom. The first-order valence-corrected chi connectivity index (χ1v) is 10.7. The third-order valence-electron chi connectivity index (χ3n) is 6.63. The molecular weight excluding hydrogens is 370 g/mol. The van der Waals surface area contributed by atoms with Gasteiger partial charge in [0.15, 0.2) is 5.82 Å². The Kier molecular flexibility index (Phi) is 6.70. The van der Waals surface area contributed by atoms with E-state index in [0.717, 1.165) is 19.3 Å². The maximum absolute atomic E-state index is 11.4. The number of carbonyl (C=O) groups is 1. The fourth-order valence-electron chi connectivity index (χ4n) is 4.77. The highest BCUT2D eigenvalue weighted by atomic mass is 16.5. The molecule has 0 bridgehead atoms. The summed E-state index contributed by atoms with van der Waals surface area (Å²) in [4.78, 5) is 19.8. The van der Waals surface area contributed by atoms with Crippen molar-refractivity contribution in [3.05, 3.63) is 24.4 Å². The standard InChI is InChI=1S/C21H33N5O3/c1-20(2,3)21(9-5-4-6-10-21)11-7-8-16(12-18(27)28)19-24-17(25-29-19)13-26-15-22-14-23-26/h14-16H,4-13H2,1-3H3,(H,27,28). The average molecular weight is 404 g/mol. The summed E-state index contributed by atoms with van der Waals surface area (Å²) in [7, 11) is 0. The number of rotatable bonds is 9. The molecule has 160 valence electrons. The van der Waals surface area contributed by atoms with Gasteiger partial charge in [0.1, 0.15) is 19.2 Å². The lowest BCUT2D eigenvalue weighted by atomic mass is 9.57. The highest BCUT2D eigenvalue weighted by Gasteiger charge is 2.41. The number of aliphatic carboxylic acids is 1. The van der Waals surface area contributed by atoms with Crippen molar-refractivity contribution in [1.29, 1.82) is 0 Å². The van der Waals surface area contributed by atoms with Gasteiger partial charge in [-0.15, -0.1) is 0 Å². The molecule has 1 aliphatic carbocycles. The van der Waals surface area contributed by atoms with Crippen molar-refractivity contribution < 1.29 is 14.4 Å². The van der Waals surface area contributed by atoms with Gasteiger partial charge in [0, 0.05) is 5.92 Å². The summed E-state index contributed by atoms with van der Waals surface area (Å²) in [6.45, 7) is 7.40. The Morgan fingerprint density at radius 3 is 2.69 bits per heavy atom. The highest BCUT2D eigenvalue weighted by Crippen LogP contribution is 2.53. The van der Waals surface area contributed by atoms with Crippen LogP contribution in [-0.2, 0) is 11.3 Å². The Bertz CT molecular complexity index is 773. The molecule has 1 fully saturated rings. The van der Waals surface area contributed by atoms with Crippen LogP contribution in [0.5, 0.6) is 0 Å². The molecule has 0 radical (unpaired) electrons. The summed E-state index contributed by atoms with van der Waals surface area (Å²) >= 11 is 0. The van der Waals surface area contributed by atoms with Gasteiger partial charge in [-0.1, -0.05) is 51.6 Å². The van der Waals surface area contributed by atoms with Gasteiger partial charge in [-0.05, 0) is 36.5 Å². The quantitative estimate of drug-likeness (QED) is 0.659. The lowest BCUT2D eigenvalue weighted by molar-refractivity contribution is -0.137. The van der Waals surface area contributed by atoms with Gasteiger partial charge in [0.2, 0.25) is 5.89 Å². The van der Waals surface area contributed by atoms with Crippen LogP contribution in [0, 0.1) is 10.8 Å². The van der Waals surface area contributed by atoms with E-state index < -0.39 is 5.97 Å². The van der Waals surface area contributed by atoms with Crippen LogP contribution in [0.4, 0.5) is 0 Å². The second-order valence-electron chi connectivity index (χ2n) is 9.42. The second-order valence-corrected chi connectivity index (χ2v) is 9.42. The molecule has 1 saturated carbocycles. The summed E-state index contributed by atoms with van der Waals surface area (Å²) in [6, 6.07) is 0. The van der Waals surface area contributed by atoms with Crippen molar-refractivity contribution in [3.8, 4) is 0 Å². The number of nitrogens with zero attached hydrogens (tertiary/aromatic N) is 5. The van der Waals surface area contributed by atoms with Crippen LogP contribution >= 0.6 is 0 Å². The van der Waals surface area contributed by atoms with Crippen LogP contribution in [0.3, 0.4) is 0 Å². The minimum atomic E-state index is -0.839. The predicted molar refractivity (Wildman–Crippen MR) is 107 cm³/mol. The molecule has 0 aliphatic heterocycles. The molecule has 29 heavy (non-hydrogen) atoms. The topological polar surface area (TPSA) is 107 Å². The van der Waals surface area contributed by atoms with Crippen molar-refractivity contribution in [3.63, 3.8) is 0 Å². The fourth-order valence-corrected chi connectivity index (χ4v) is 4.77. The number of hydrogen-bond donors (Lipinski definition) is 1. The normalized spacial score (nSPS) is 17.9. The zero-order chi connectivity index (χ0) is 20.9. The van der Waals surface area contributed by atoms with Crippen LogP contribution in [0.25, 0.3) is 0 Å². The van der Waals surface area contributed by atoms with E-state index in [4.69, 9.17) is 4.52 Å². The molecular formula is C21H33N5O3. The molecule has 8 nitrogen and oxygen atoms in total. The number of carboxylic acids is 1. The van der Waals surface area contributed by atoms with E-state index in [0.29, 0.717) is 23.7 Å². The molecule has 0 amide bonds. The first-order chi connectivity index (χ1) is 13.8. The number of hydrogen-bond acceptors (Lipinski definition) is 6. The smallest absolute Gasteiger partial charge is 0.304 e. The summed E-state index contributed by atoms with van der Waals surface area (Å²) in [6.07, 6.45) is 12.3. The van der Waals surface area contributed by atoms with E-state index in [2.05, 4.69) is 41.0 Å². The van der Waals surface area contributed by atoms with Crippen molar-refractivity contribution in [1.82, 2.24) is 24.9 Å². The molecule has 2 aromatic heterocycles. The highest BCUT2D eigenvalue weighted by molar-refractivity contribution is 5.67. The fraction of sp³-hybridized carbons (Fsp3) is 0.762. The summed E-state index contributed by atoms with van der Waals surface area (Å²) < 4.78 is 7.03. The second kappa shape index (κ2) is 9.05. The van der Waals surface area contributed by atoms with Crippen LogP contribution in [0.15, 0.2) is 17.2 Å². The lowest BCUT2D eigenvalue weighted by Gasteiger charge is -2.48. The van der Waals surface area contributed by atoms with Crippen molar-refractivity contribution in [2.24, 2.45) is 10.8 Å². The van der Waals surface area contributed by atoms with Gasteiger partial charge in [0.25, 0.3) is 0 Å². The third-order valence-corrected chi connectivity index (χ3v) is 6.63. The Morgan fingerprint density at radius 1 is 1.31 bits per heavy atom. The van der Waals surface area contributed by atoms with E-state index in [1.807, 2.05) is 0 Å². The van der Waals surface area contributed by atoms with E-state index in [1.165, 1.54) is 38.4 Å². The predicted octanol–water partition coefficient (Wildman–Crippen LogP) is 4.43. The number of aromatic nitrogens is 5. The molecule has 1 unspecified atom stereocenters. The summed E-state index contributed by atoms with van der Waals surface area (Å²) in [5.41, 5.74) is 0.595. The van der Waals surface area contributed by atoms with Crippen LogP contribution in [0.2, 0.25) is 0 Å².